The van der Waals surface area contributed by atoms with Gasteiger partial charge in [-0.2, -0.15) is 0 Å². The molecule has 1 unspecified atom stereocenters. The van der Waals surface area contributed by atoms with Crippen molar-refractivity contribution in [1.82, 2.24) is 5.32 Å². The lowest BCUT2D eigenvalue weighted by Crippen LogP contribution is -2.25. The van der Waals surface area contributed by atoms with E-state index < -0.39 is 0 Å². The monoisotopic (exact) mass is 328 g/mol. The first kappa shape index (κ1) is 16.5. The van der Waals surface area contributed by atoms with Crippen LogP contribution < -0.4 is 10.2 Å². The number of hydrogen-bond acceptors (Lipinski definition) is 3. The van der Waals surface area contributed by atoms with Crippen molar-refractivity contribution >= 4 is 21.6 Å². The highest BCUT2D eigenvalue weighted by Crippen LogP contribution is 2.29. The largest absolute Gasteiger partial charge is 0.396 e. The molecule has 1 aromatic rings. The highest BCUT2D eigenvalue weighted by atomic mass is 79.9. The fraction of sp³-hybridized carbons (Fsp3) is 0.600. The van der Waals surface area contributed by atoms with Crippen LogP contribution in [0.15, 0.2) is 22.7 Å². The molecule has 2 N–H and O–H groups in total. The lowest BCUT2D eigenvalue weighted by molar-refractivity contribution is 0.289. The third-order valence-electron chi connectivity index (χ3n) is 3.29. The molecule has 1 rings (SSSR count). The third-order valence-corrected chi connectivity index (χ3v) is 3.93. The van der Waals surface area contributed by atoms with E-state index in [1.807, 2.05) is 0 Å². The summed E-state index contributed by atoms with van der Waals surface area (Å²) in [6.07, 6.45) is 0.801. The van der Waals surface area contributed by atoms with Crippen LogP contribution in [0, 0.1) is 0 Å². The molecule has 0 radical (unpaired) electrons. The van der Waals surface area contributed by atoms with Crippen LogP contribution in [0.25, 0.3) is 0 Å². The number of halogens is 1. The molecule has 0 heterocycles. The van der Waals surface area contributed by atoms with Gasteiger partial charge in [-0.3, -0.25) is 0 Å². The van der Waals surface area contributed by atoms with Gasteiger partial charge in [0.15, 0.2) is 0 Å². The number of nitrogens with zero attached hydrogens (tertiary/aromatic N) is 1. The van der Waals surface area contributed by atoms with Gasteiger partial charge in [-0.05, 0) is 60.4 Å². The summed E-state index contributed by atoms with van der Waals surface area (Å²) in [5, 5.41) is 12.4. The second-order valence-electron chi connectivity index (χ2n) is 4.65. The molecule has 0 aliphatic carbocycles. The smallest absolute Gasteiger partial charge is 0.0510 e. The maximum absolute atomic E-state index is 8.96. The summed E-state index contributed by atoms with van der Waals surface area (Å²) in [5.41, 5.74) is 2.49. The summed E-state index contributed by atoms with van der Waals surface area (Å²) in [5.74, 6) is 0. The average Bonchev–Trinajstić information content (AvgIpc) is 2.41. The van der Waals surface area contributed by atoms with Crippen LogP contribution >= 0.6 is 15.9 Å². The maximum atomic E-state index is 8.96. The fourth-order valence-electron chi connectivity index (χ4n) is 2.18. The van der Waals surface area contributed by atoms with Crippen molar-refractivity contribution in [2.45, 2.75) is 33.2 Å². The predicted octanol–water partition coefficient (Wildman–Crippen LogP) is 3.33. The molecule has 108 valence electrons. The van der Waals surface area contributed by atoms with Crippen molar-refractivity contribution in [3.63, 3.8) is 0 Å². The van der Waals surface area contributed by atoms with Gasteiger partial charge in [0.05, 0.1) is 5.69 Å². The van der Waals surface area contributed by atoms with Crippen LogP contribution in [0.5, 0.6) is 0 Å². The van der Waals surface area contributed by atoms with E-state index in [4.69, 9.17) is 5.11 Å². The van der Waals surface area contributed by atoms with Crippen molar-refractivity contribution in [1.29, 1.82) is 0 Å². The Labute approximate surface area is 125 Å². The van der Waals surface area contributed by atoms with E-state index >= 15 is 0 Å². The second kappa shape index (κ2) is 8.56. The van der Waals surface area contributed by atoms with Gasteiger partial charge in [-0.25, -0.2) is 0 Å². The SMILES string of the molecule is CCNC(C)c1ccc(N(CC)CCCO)c(Br)c1. The first-order valence-electron chi connectivity index (χ1n) is 7.02. The van der Waals surface area contributed by atoms with E-state index in [-0.39, 0.29) is 6.61 Å². The topological polar surface area (TPSA) is 35.5 Å². The van der Waals surface area contributed by atoms with Crippen molar-refractivity contribution in [2.24, 2.45) is 0 Å². The van der Waals surface area contributed by atoms with E-state index in [2.05, 4.69) is 65.1 Å². The van der Waals surface area contributed by atoms with E-state index in [9.17, 15) is 0 Å². The van der Waals surface area contributed by atoms with Crippen LogP contribution in [-0.4, -0.2) is 31.3 Å². The molecule has 1 aromatic carbocycles. The fourth-order valence-corrected chi connectivity index (χ4v) is 2.83. The molecule has 0 aliphatic heterocycles. The highest BCUT2D eigenvalue weighted by Gasteiger charge is 2.11. The summed E-state index contributed by atoms with van der Waals surface area (Å²) >= 11 is 3.67. The molecule has 3 nitrogen and oxygen atoms in total. The van der Waals surface area contributed by atoms with Crippen molar-refractivity contribution in [2.75, 3.05) is 31.1 Å². The van der Waals surface area contributed by atoms with Gasteiger partial charge < -0.3 is 15.3 Å². The molecule has 0 fully saturated rings. The Kier molecular flexibility index (Phi) is 7.42. The van der Waals surface area contributed by atoms with Crippen LogP contribution in [0.2, 0.25) is 0 Å². The van der Waals surface area contributed by atoms with Crippen LogP contribution in [0.3, 0.4) is 0 Å². The van der Waals surface area contributed by atoms with E-state index in [0.717, 1.165) is 30.5 Å². The first-order chi connectivity index (χ1) is 9.13. The summed E-state index contributed by atoms with van der Waals surface area (Å²) in [7, 11) is 0. The van der Waals surface area contributed by atoms with Gasteiger partial charge in [0, 0.05) is 30.2 Å². The lowest BCUT2D eigenvalue weighted by Gasteiger charge is -2.25. The van der Waals surface area contributed by atoms with Gasteiger partial charge >= 0.3 is 0 Å². The molecule has 0 aromatic heterocycles. The van der Waals surface area contributed by atoms with E-state index in [1.54, 1.807) is 0 Å². The molecule has 4 heteroatoms. The molecule has 0 bridgehead atoms. The average molecular weight is 329 g/mol. The number of rotatable bonds is 8. The lowest BCUT2D eigenvalue weighted by atomic mass is 10.1. The van der Waals surface area contributed by atoms with Gasteiger partial charge in [0.25, 0.3) is 0 Å². The number of hydrogen-bond donors (Lipinski definition) is 2. The van der Waals surface area contributed by atoms with Crippen LogP contribution in [0.4, 0.5) is 5.69 Å². The molecule has 0 saturated carbocycles. The Morgan fingerprint density at radius 3 is 2.63 bits per heavy atom. The second-order valence-corrected chi connectivity index (χ2v) is 5.50. The summed E-state index contributed by atoms with van der Waals surface area (Å²) in [4.78, 5) is 2.28. The Balaban J connectivity index is 2.85. The quantitative estimate of drug-likeness (QED) is 0.768. The molecule has 0 spiro atoms. The van der Waals surface area contributed by atoms with Gasteiger partial charge in [0.2, 0.25) is 0 Å². The number of benzene rings is 1. The van der Waals surface area contributed by atoms with Crippen LogP contribution in [-0.2, 0) is 0 Å². The molecule has 19 heavy (non-hydrogen) atoms. The van der Waals surface area contributed by atoms with Crippen molar-refractivity contribution < 1.29 is 5.11 Å². The standard InChI is InChI=1S/C15H25BrN2O/c1-4-17-12(3)13-7-8-15(14(16)11-13)18(5-2)9-6-10-19/h7-8,11-12,17,19H,4-6,9-10H2,1-3H3. The van der Waals surface area contributed by atoms with Gasteiger partial charge in [-0.15, -0.1) is 0 Å². The minimum absolute atomic E-state index is 0.240. The van der Waals surface area contributed by atoms with Crippen molar-refractivity contribution in [3.05, 3.63) is 28.2 Å². The van der Waals surface area contributed by atoms with Crippen molar-refractivity contribution in [3.8, 4) is 0 Å². The molecular weight excluding hydrogens is 304 g/mol. The first-order valence-corrected chi connectivity index (χ1v) is 7.81. The minimum Gasteiger partial charge on any atom is -0.396 e. The van der Waals surface area contributed by atoms with E-state index in [1.165, 1.54) is 11.3 Å². The zero-order chi connectivity index (χ0) is 14.3. The summed E-state index contributed by atoms with van der Waals surface area (Å²) < 4.78 is 1.12. The normalized spacial score (nSPS) is 12.5. The molecule has 0 saturated heterocycles. The Hall–Kier alpha value is -0.580. The van der Waals surface area contributed by atoms with Crippen LogP contribution in [0.1, 0.15) is 38.8 Å². The summed E-state index contributed by atoms with van der Waals surface area (Å²) in [6, 6.07) is 6.89. The third kappa shape index (κ3) is 4.79. The minimum atomic E-state index is 0.240. The van der Waals surface area contributed by atoms with Gasteiger partial charge in [0.1, 0.15) is 0 Å². The number of aliphatic hydroxyl groups is 1. The molecule has 0 amide bonds. The maximum Gasteiger partial charge on any atom is 0.0510 e. The number of aliphatic hydroxyl groups excluding tert-OH is 1. The number of anilines is 1. The van der Waals surface area contributed by atoms with E-state index in [0.29, 0.717) is 6.04 Å². The van der Waals surface area contributed by atoms with Gasteiger partial charge in [-0.1, -0.05) is 13.0 Å². The number of nitrogens with one attached hydrogen (secondary N) is 1. The molecular formula is C15H25BrN2O. The Morgan fingerprint density at radius 2 is 2.11 bits per heavy atom. The predicted molar refractivity (Wildman–Crippen MR) is 85.8 cm³/mol. The zero-order valence-electron chi connectivity index (χ0n) is 12.1. The summed E-state index contributed by atoms with van der Waals surface area (Å²) in [6.45, 7) is 9.47. The molecule has 0 aliphatic rings. The zero-order valence-corrected chi connectivity index (χ0v) is 13.7. The highest BCUT2D eigenvalue weighted by molar-refractivity contribution is 9.10. The Bertz CT molecular complexity index is 384. The Morgan fingerprint density at radius 1 is 1.37 bits per heavy atom. The molecule has 1 atom stereocenters.